The van der Waals surface area contributed by atoms with E-state index in [0.29, 0.717) is 25.3 Å². The summed E-state index contributed by atoms with van der Waals surface area (Å²) in [5.74, 6) is 0.678. The van der Waals surface area contributed by atoms with E-state index in [-0.39, 0.29) is 18.5 Å². The molecular formula is C28H29N3O4S2. The highest BCUT2D eigenvalue weighted by Gasteiger charge is 2.34. The largest absolute Gasteiger partial charge is 0.496 e. The Bertz CT molecular complexity index is 1540. The van der Waals surface area contributed by atoms with Crippen LogP contribution in [0.15, 0.2) is 77.5 Å². The van der Waals surface area contributed by atoms with Crippen molar-refractivity contribution >= 4 is 43.6 Å². The number of hydrogen-bond donors (Lipinski definition) is 0. The predicted molar refractivity (Wildman–Crippen MR) is 148 cm³/mol. The molecular weight excluding hydrogens is 506 g/mol. The normalized spacial score (nSPS) is 17.0. The van der Waals surface area contributed by atoms with Crippen LogP contribution in [0.5, 0.6) is 5.75 Å². The maximum atomic E-state index is 13.7. The molecule has 1 aliphatic rings. The lowest BCUT2D eigenvalue weighted by Gasteiger charge is -2.38. The van der Waals surface area contributed by atoms with Crippen LogP contribution in [0.1, 0.15) is 28.5 Å². The van der Waals surface area contributed by atoms with Crippen molar-refractivity contribution in [1.82, 2.24) is 13.8 Å². The minimum Gasteiger partial charge on any atom is -0.496 e. The van der Waals surface area contributed by atoms with Crippen molar-refractivity contribution in [1.29, 1.82) is 0 Å². The molecule has 1 unspecified atom stereocenters. The van der Waals surface area contributed by atoms with Gasteiger partial charge in [0.15, 0.2) is 0 Å². The molecule has 1 fully saturated rings. The van der Waals surface area contributed by atoms with Crippen LogP contribution in [0.25, 0.3) is 16.3 Å². The number of amides is 1. The molecule has 0 N–H and O–H groups in total. The predicted octanol–water partition coefficient (Wildman–Crippen LogP) is 4.91. The first-order valence-corrected chi connectivity index (χ1v) is 14.5. The molecule has 0 bridgehead atoms. The molecule has 1 aliphatic heterocycles. The monoisotopic (exact) mass is 535 g/mol. The summed E-state index contributed by atoms with van der Waals surface area (Å²) in [6.45, 7) is 3.25. The zero-order chi connectivity index (χ0) is 26.0. The van der Waals surface area contributed by atoms with Gasteiger partial charge in [0.25, 0.3) is 5.91 Å². The van der Waals surface area contributed by atoms with Crippen molar-refractivity contribution in [2.45, 2.75) is 19.5 Å². The van der Waals surface area contributed by atoms with E-state index >= 15 is 0 Å². The van der Waals surface area contributed by atoms with Gasteiger partial charge in [0.1, 0.15) is 16.3 Å². The Labute approximate surface area is 221 Å². The molecule has 1 amide bonds. The molecule has 37 heavy (non-hydrogen) atoms. The lowest BCUT2D eigenvalue weighted by molar-refractivity contribution is 0.0633. The van der Waals surface area contributed by atoms with E-state index in [2.05, 4.69) is 0 Å². The number of aromatic nitrogens is 1. The molecule has 0 saturated carbocycles. The minimum absolute atomic E-state index is 0.0953. The van der Waals surface area contributed by atoms with Crippen molar-refractivity contribution in [3.8, 4) is 5.75 Å². The molecule has 0 radical (unpaired) electrons. The Morgan fingerprint density at radius 3 is 2.59 bits per heavy atom. The molecule has 2 aromatic heterocycles. The standard InChI is InChI=1S/C28H29N3O4S2/c1-21-19-29(14-15-31(21)37(33,34)17-13-22-8-4-3-5-9-22)27(32)25-18-23-12-16-36-28(23)30(25)20-24-10-6-7-11-26(24)35-2/h3-13,16-18,21H,14-15,19-20H2,1-2H3. The fourth-order valence-electron chi connectivity index (χ4n) is 4.79. The third-order valence-electron chi connectivity index (χ3n) is 6.66. The summed E-state index contributed by atoms with van der Waals surface area (Å²) in [6, 6.07) is 20.7. The Kier molecular flexibility index (Phi) is 7.19. The van der Waals surface area contributed by atoms with Gasteiger partial charge in [-0.2, -0.15) is 4.31 Å². The van der Waals surface area contributed by atoms with Crippen LogP contribution in [-0.2, 0) is 16.6 Å². The van der Waals surface area contributed by atoms with Crippen molar-refractivity contribution in [3.05, 3.63) is 94.3 Å². The highest BCUT2D eigenvalue weighted by molar-refractivity contribution is 7.92. The quantitative estimate of drug-likeness (QED) is 0.337. The molecule has 2 aromatic carbocycles. The number of methoxy groups -OCH3 is 1. The molecule has 192 valence electrons. The molecule has 1 atom stereocenters. The number of fused-ring (bicyclic) bond motifs is 1. The highest BCUT2D eigenvalue weighted by Crippen LogP contribution is 2.30. The van der Waals surface area contributed by atoms with Gasteiger partial charge in [0, 0.05) is 42.0 Å². The van der Waals surface area contributed by atoms with Gasteiger partial charge in [-0.15, -0.1) is 11.3 Å². The number of hydrogen-bond acceptors (Lipinski definition) is 5. The van der Waals surface area contributed by atoms with Gasteiger partial charge in [0.2, 0.25) is 10.0 Å². The third kappa shape index (κ3) is 5.20. The fraction of sp³-hybridized carbons (Fsp3) is 0.250. The van der Waals surface area contributed by atoms with Crippen LogP contribution >= 0.6 is 11.3 Å². The summed E-state index contributed by atoms with van der Waals surface area (Å²) in [4.78, 5) is 16.5. The molecule has 0 aliphatic carbocycles. The average Bonchev–Trinajstić information content (AvgIpc) is 3.50. The van der Waals surface area contributed by atoms with Gasteiger partial charge in [-0.05, 0) is 42.1 Å². The van der Waals surface area contributed by atoms with Crippen LogP contribution in [0.2, 0.25) is 0 Å². The number of ether oxygens (including phenoxy) is 1. The lowest BCUT2D eigenvalue weighted by atomic mass is 10.2. The van der Waals surface area contributed by atoms with Crippen molar-refractivity contribution in [2.24, 2.45) is 0 Å². The van der Waals surface area contributed by atoms with E-state index in [1.807, 2.05) is 83.6 Å². The molecule has 4 aromatic rings. The summed E-state index contributed by atoms with van der Waals surface area (Å²) in [6.07, 6.45) is 1.61. The van der Waals surface area contributed by atoms with Gasteiger partial charge in [-0.1, -0.05) is 48.5 Å². The maximum Gasteiger partial charge on any atom is 0.270 e. The second-order valence-electron chi connectivity index (χ2n) is 9.08. The number of benzene rings is 2. The number of rotatable bonds is 7. The first-order valence-electron chi connectivity index (χ1n) is 12.1. The van der Waals surface area contributed by atoms with Gasteiger partial charge in [0.05, 0.1) is 13.7 Å². The summed E-state index contributed by atoms with van der Waals surface area (Å²) in [5, 5.41) is 4.29. The number of para-hydroxylation sites is 1. The zero-order valence-electron chi connectivity index (χ0n) is 20.8. The number of nitrogens with zero attached hydrogens (tertiary/aromatic N) is 3. The highest BCUT2D eigenvalue weighted by atomic mass is 32.2. The van der Waals surface area contributed by atoms with E-state index < -0.39 is 10.0 Å². The number of piperazine rings is 1. The molecule has 7 nitrogen and oxygen atoms in total. The SMILES string of the molecule is COc1ccccc1Cn1c(C(=O)N2CCN(S(=O)(=O)C=Cc3ccccc3)C(C)C2)cc2ccsc21. The summed E-state index contributed by atoms with van der Waals surface area (Å²) in [5.41, 5.74) is 2.41. The van der Waals surface area contributed by atoms with Crippen molar-refractivity contribution < 1.29 is 17.9 Å². The van der Waals surface area contributed by atoms with Crippen LogP contribution in [-0.4, -0.2) is 60.9 Å². The van der Waals surface area contributed by atoms with Gasteiger partial charge < -0.3 is 14.2 Å². The second-order valence-corrected chi connectivity index (χ2v) is 11.7. The van der Waals surface area contributed by atoms with E-state index in [9.17, 15) is 13.2 Å². The Balaban J connectivity index is 1.36. The molecule has 3 heterocycles. The Hall–Kier alpha value is -3.40. The minimum atomic E-state index is -3.62. The first kappa shape index (κ1) is 25.3. The molecule has 9 heteroatoms. The second kappa shape index (κ2) is 10.5. The first-order chi connectivity index (χ1) is 17.9. The van der Waals surface area contributed by atoms with Gasteiger partial charge in [-0.3, -0.25) is 4.79 Å². The lowest BCUT2D eigenvalue weighted by Crippen LogP contribution is -2.55. The number of thiophene rings is 1. The van der Waals surface area contributed by atoms with Crippen LogP contribution in [0.3, 0.4) is 0 Å². The summed E-state index contributed by atoms with van der Waals surface area (Å²) < 4.78 is 35.1. The van der Waals surface area contributed by atoms with Crippen LogP contribution < -0.4 is 4.74 Å². The van der Waals surface area contributed by atoms with E-state index in [4.69, 9.17) is 4.74 Å². The maximum absolute atomic E-state index is 13.7. The number of carbonyl (C=O) groups is 1. The Morgan fingerprint density at radius 1 is 1.08 bits per heavy atom. The van der Waals surface area contributed by atoms with Gasteiger partial charge >= 0.3 is 0 Å². The van der Waals surface area contributed by atoms with Gasteiger partial charge in [-0.25, -0.2) is 8.42 Å². The molecule has 1 saturated heterocycles. The number of carbonyl (C=O) groups excluding carboxylic acids is 1. The van der Waals surface area contributed by atoms with Crippen LogP contribution in [0.4, 0.5) is 0 Å². The zero-order valence-corrected chi connectivity index (χ0v) is 22.4. The van der Waals surface area contributed by atoms with E-state index in [0.717, 1.165) is 27.1 Å². The van der Waals surface area contributed by atoms with Crippen LogP contribution in [0, 0.1) is 0 Å². The fourth-order valence-corrected chi connectivity index (χ4v) is 7.07. The van der Waals surface area contributed by atoms with Crippen molar-refractivity contribution in [3.63, 3.8) is 0 Å². The van der Waals surface area contributed by atoms with E-state index in [1.54, 1.807) is 29.4 Å². The van der Waals surface area contributed by atoms with Crippen molar-refractivity contribution in [2.75, 3.05) is 26.7 Å². The van der Waals surface area contributed by atoms with E-state index in [1.165, 1.54) is 9.71 Å². The average molecular weight is 536 g/mol. The summed E-state index contributed by atoms with van der Waals surface area (Å²) in [7, 11) is -1.97. The smallest absolute Gasteiger partial charge is 0.270 e. The molecule has 0 spiro atoms. The third-order valence-corrected chi connectivity index (χ3v) is 9.28. The Morgan fingerprint density at radius 2 is 1.84 bits per heavy atom. The number of sulfonamides is 1. The summed E-state index contributed by atoms with van der Waals surface area (Å²) >= 11 is 1.60. The topological polar surface area (TPSA) is 71.8 Å². The molecule has 5 rings (SSSR count).